The van der Waals surface area contributed by atoms with Crippen molar-refractivity contribution in [2.45, 2.75) is 27.7 Å². The van der Waals surface area contributed by atoms with Gasteiger partial charge in [-0.2, -0.15) is 0 Å². The van der Waals surface area contributed by atoms with E-state index in [1.165, 1.54) is 0 Å². The Morgan fingerprint density at radius 3 is 2.00 bits per heavy atom. The van der Waals surface area contributed by atoms with Gasteiger partial charge in [-0.15, -0.1) is 0 Å². The van der Waals surface area contributed by atoms with Crippen molar-refractivity contribution in [1.29, 1.82) is 0 Å². The Kier molecular flexibility index (Phi) is 1.84. The van der Waals surface area contributed by atoms with Crippen LogP contribution in [0.15, 0.2) is 0 Å². The van der Waals surface area contributed by atoms with Crippen LogP contribution in [0.1, 0.15) is 27.7 Å². The number of carbonyl (C=O) groups excluding carboxylic acids is 1. The average molecular weight is 140 g/mol. The molecule has 1 aliphatic rings. The Hall–Kier alpha value is -0.330. The Balaban J connectivity index is 2.49. The van der Waals surface area contributed by atoms with E-state index in [2.05, 4.69) is 20.8 Å². The van der Waals surface area contributed by atoms with Gasteiger partial charge in [-0.1, -0.05) is 20.8 Å². The van der Waals surface area contributed by atoms with Gasteiger partial charge in [0.25, 0.3) is 0 Å². The minimum atomic E-state index is 0.381. The summed E-state index contributed by atoms with van der Waals surface area (Å²) >= 11 is 0. The molecule has 0 saturated heterocycles. The topological polar surface area (TPSA) is 17.1 Å². The number of ketones is 1. The van der Waals surface area contributed by atoms with Gasteiger partial charge in [0.15, 0.2) is 0 Å². The zero-order chi connectivity index (χ0) is 7.89. The van der Waals surface area contributed by atoms with Gasteiger partial charge in [-0.3, -0.25) is 4.79 Å². The molecule has 0 amide bonds. The monoisotopic (exact) mass is 140 g/mol. The molecule has 0 aromatic rings. The number of hydrogen-bond acceptors (Lipinski definition) is 1. The van der Waals surface area contributed by atoms with E-state index in [0.717, 1.165) is 0 Å². The van der Waals surface area contributed by atoms with Gasteiger partial charge >= 0.3 is 0 Å². The van der Waals surface area contributed by atoms with Gasteiger partial charge in [-0.25, -0.2) is 0 Å². The second-order valence-electron chi connectivity index (χ2n) is 3.82. The molecule has 0 bridgehead atoms. The molecule has 3 atom stereocenters. The minimum absolute atomic E-state index is 0.381. The summed E-state index contributed by atoms with van der Waals surface area (Å²) in [5, 5.41) is 0. The highest BCUT2D eigenvalue weighted by atomic mass is 16.1. The summed E-state index contributed by atoms with van der Waals surface area (Å²) in [6.45, 7) is 8.29. The Bertz CT molecular complexity index is 149. The van der Waals surface area contributed by atoms with Crippen LogP contribution in [0.5, 0.6) is 0 Å². The molecule has 0 radical (unpaired) electrons. The van der Waals surface area contributed by atoms with E-state index in [1.807, 2.05) is 0 Å². The summed E-state index contributed by atoms with van der Waals surface area (Å²) in [5.74, 6) is 2.78. The van der Waals surface area contributed by atoms with Crippen LogP contribution >= 0.6 is 0 Å². The van der Waals surface area contributed by atoms with Crippen molar-refractivity contribution in [3.05, 3.63) is 0 Å². The first kappa shape index (κ1) is 7.77. The first-order valence-corrected chi connectivity index (χ1v) is 4.06. The third kappa shape index (κ3) is 1.09. The van der Waals surface area contributed by atoms with Gasteiger partial charge in [0.1, 0.15) is 5.78 Å². The smallest absolute Gasteiger partial charge is 0.133 e. The van der Waals surface area contributed by atoms with Crippen LogP contribution in [-0.4, -0.2) is 5.78 Å². The predicted molar refractivity (Wildman–Crippen MR) is 41.7 cm³/mol. The molecule has 58 valence electrons. The summed E-state index contributed by atoms with van der Waals surface area (Å²) in [6.07, 6.45) is 0. The molecule has 1 nitrogen and oxygen atoms in total. The Labute approximate surface area is 62.8 Å². The fourth-order valence-corrected chi connectivity index (χ4v) is 2.16. The van der Waals surface area contributed by atoms with Crippen molar-refractivity contribution in [3.63, 3.8) is 0 Å². The van der Waals surface area contributed by atoms with Crippen LogP contribution < -0.4 is 0 Å². The largest absolute Gasteiger partial charge is 0.300 e. The van der Waals surface area contributed by atoms with Gasteiger partial charge in [0.05, 0.1) is 0 Å². The lowest BCUT2D eigenvalue weighted by atomic mass is 10.1. The standard InChI is InChI=1S/C9H16O/c1-5(2)8-6(3)9(8)7(4)10/h5-6,8-9H,1-4H3. The fraction of sp³-hybridized carbons (Fsp3) is 0.889. The lowest BCUT2D eigenvalue weighted by molar-refractivity contribution is -0.118. The SMILES string of the molecule is CC(=O)C1C(C)C1C(C)C. The van der Waals surface area contributed by atoms with E-state index < -0.39 is 0 Å². The summed E-state index contributed by atoms with van der Waals surface area (Å²) in [5.41, 5.74) is 0. The summed E-state index contributed by atoms with van der Waals surface area (Å²) < 4.78 is 0. The van der Waals surface area contributed by atoms with Crippen LogP contribution in [0, 0.1) is 23.7 Å². The van der Waals surface area contributed by atoms with Crippen LogP contribution in [0.4, 0.5) is 0 Å². The zero-order valence-corrected chi connectivity index (χ0v) is 7.22. The third-order valence-corrected chi connectivity index (χ3v) is 2.69. The third-order valence-electron chi connectivity index (χ3n) is 2.69. The molecule has 1 aliphatic carbocycles. The summed E-state index contributed by atoms with van der Waals surface area (Å²) in [4.78, 5) is 10.9. The molecule has 1 heteroatoms. The van der Waals surface area contributed by atoms with Crippen LogP contribution in [0.3, 0.4) is 0 Å². The molecular formula is C9H16O. The molecule has 0 spiro atoms. The first-order valence-electron chi connectivity index (χ1n) is 4.06. The normalized spacial score (nSPS) is 38.3. The van der Waals surface area contributed by atoms with Crippen molar-refractivity contribution in [2.75, 3.05) is 0 Å². The highest BCUT2D eigenvalue weighted by molar-refractivity contribution is 5.81. The highest BCUT2D eigenvalue weighted by Gasteiger charge is 2.50. The maximum Gasteiger partial charge on any atom is 0.133 e. The van der Waals surface area contributed by atoms with Gasteiger partial charge in [0, 0.05) is 5.92 Å². The zero-order valence-electron chi connectivity index (χ0n) is 7.22. The van der Waals surface area contributed by atoms with Crippen LogP contribution in [0.25, 0.3) is 0 Å². The van der Waals surface area contributed by atoms with E-state index in [4.69, 9.17) is 0 Å². The highest BCUT2D eigenvalue weighted by Crippen LogP contribution is 2.50. The fourth-order valence-electron chi connectivity index (χ4n) is 2.16. The molecule has 1 rings (SSSR count). The predicted octanol–water partition coefficient (Wildman–Crippen LogP) is 2.11. The molecule has 0 aromatic heterocycles. The van der Waals surface area contributed by atoms with Crippen molar-refractivity contribution < 1.29 is 4.79 Å². The second kappa shape index (κ2) is 2.37. The van der Waals surface area contributed by atoms with Crippen LogP contribution in [0.2, 0.25) is 0 Å². The molecule has 3 unspecified atom stereocenters. The number of hydrogen-bond donors (Lipinski definition) is 0. The average Bonchev–Trinajstić information content (AvgIpc) is 2.40. The van der Waals surface area contributed by atoms with Crippen molar-refractivity contribution in [3.8, 4) is 0 Å². The lowest BCUT2D eigenvalue weighted by Crippen LogP contribution is -1.99. The Morgan fingerprint density at radius 2 is 1.90 bits per heavy atom. The molecule has 0 N–H and O–H groups in total. The second-order valence-corrected chi connectivity index (χ2v) is 3.82. The van der Waals surface area contributed by atoms with Gasteiger partial charge in [-0.05, 0) is 24.7 Å². The van der Waals surface area contributed by atoms with E-state index >= 15 is 0 Å². The molecule has 10 heavy (non-hydrogen) atoms. The number of carbonyl (C=O) groups is 1. The molecule has 0 aromatic carbocycles. The van der Waals surface area contributed by atoms with Crippen molar-refractivity contribution >= 4 is 5.78 Å². The van der Waals surface area contributed by atoms with Crippen molar-refractivity contribution in [2.24, 2.45) is 23.7 Å². The van der Waals surface area contributed by atoms with Crippen LogP contribution in [-0.2, 0) is 4.79 Å². The Morgan fingerprint density at radius 1 is 1.40 bits per heavy atom. The first-order chi connectivity index (χ1) is 4.55. The molecular weight excluding hydrogens is 124 g/mol. The quantitative estimate of drug-likeness (QED) is 0.574. The van der Waals surface area contributed by atoms with E-state index in [0.29, 0.717) is 29.5 Å². The molecule has 1 saturated carbocycles. The minimum Gasteiger partial charge on any atom is -0.300 e. The molecule has 0 heterocycles. The number of rotatable bonds is 2. The van der Waals surface area contributed by atoms with E-state index in [1.54, 1.807) is 6.92 Å². The molecule has 0 aliphatic heterocycles. The van der Waals surface area contributed by atoms with Gasteiger partial charge in [0.2, 0.25) is 0 Å². The lowest BCUT2D eigenvalue weighted by Gasteiger charge is -1.99. The van der Waals surface area contributed by atoms with E-state index in [9.17, 15) is 4.79 Å². The maximum atomic E-state index is 10.9. The maximum absolute atomic E-state index is 10.9. The van der Waals surface area contributed by atoms with Crippen molar-refractivity contribution in [1.82, 2.24) is 0 Å². The summed E-state index contributed by atoms with van der Waals surface area (Å²) in [6, 6.07) is 0. The summed E-state index contributed by atoms with van der Waals surface area (Å²) in [7, 11) is 0. The molecule has 1 fully saturated rings. The van der Waals surface area contributed by atoms with Gasteiger partial charge < -0.3 is 0 Å². The number of Topliss-reactive ketones (excluding diaryl/α,β-unsaturated/α-hetero) is 1. The van der Waals surface area contributed by atoms with E-state index in [-0.39, 0.29) is 0 Å².